The van der Waals surface area contributed by atoms with Crippen LogP contribution in [0.15, 0.2) is 24.3 Å². The van der Waals surface area contributed by atoms with Gasteiger partial charge in [-0.05, 0) is 44.0 Å². The van der Waals surface area contributed by atoms with E-state index in [2.05, 4.69) is 17.0 Å². The summed E-state index contributed by atoms with van der Waals surface area (Å²) in [6.45, 7) is 6.74. The Morgan fingerprint density at radius 1 is 1.19 bits per heavy atom. The molecule has 4 nitrogen and oxygen atoms in total. The second-order valence-corrected chi connectivity index (χ2v) is 5.69. The monoisotopic (exact) mass is 310 g/mol. The number of hydrogen-bond donors (Lipinski definition) is 0. The minimum absolute atomic E-state index is 0.182. The molecule has 1 saturated heterocycles. The van der Waals surface area contributed by atoms with Crippen LogP contribution in [0, 0.1) is 0 Å². The lowest BCUT2D eigenvalue weighted by atomic mass is 10.1. The van der Waals surface area contributed by atoms with E-state index in [0.717, 1.165) is 50.6 Å². The molecule has 0 unspecified atom stereocenters. The number of benzene rings is 1. The van der Waals surface area contributed by atoms with Crippen LogP contribution in [0.3, 0.4) is 0 Å². The Hall–Kier alpha value is -1.26. The second-order valence-electron chi connectivity index (χ2n) is 5.26. The minimum Gasteiger partial charge on any atom is -0.450 e. The van der Waals surface area contributed by atoms with Gasteiger partial charge in [0.15, 0.2) is 0 Å². The molecule has 1 heterocycles. The quantitative estimate of drug-likeness (QED) is 0.838. The Kier molecular flexibility index (Phi) is 6.33. The zero-order valence-electron chi connectivity index (χ0n) is 12.6. The summed E-state index contributed by atoms with van der Waals surface area (Å²) in [5, 5.41) is 0.786. The third kappa shape index (κ3) is 5.21. The molecule has 0 spiro atoms. The van der Waals surface area contributed by atoms with Crippen molar-refractivity contribution in [2.75, 3.05) is 39.3 Å². The van der Waals surface area contributed by atoms with E-state index in [9.17, 15) is 4.79 Å². The van der Waals surface area contributed by atoms with Crippen molar-refractivity contribution in [2.24, 2.45) is 0 Å². The number of carbonyl (C=O) groups excluding carboxylic acids is 1. The molecule has 0 aromatic heterocycles. The van der Waals surface area contributed by atoms with Crippen molar-refractivity contribution in [3.8, 4) is 0 Å². The Morgan fingerprint density at radius 3 is 2.48 bits per heavy atom. The molecule has 1 aromatic rings. The zero-order valence-corrected chi connectivity index (χ0v) is 13.3. The molecule has 0 radical (unpaired) electrons. The smallest absolute Gasteiger partial charge is 0.409 e. The Labute approximate surface area is 131 Å². The van der Waals surface area contributed by atoms with Crippen LogP contribution >= 0.6 is 11.6 Å². The minimum atomic E-state index is -0.182. The molecule has 1 amide bonds. The second kappa shape index (κ2) is 8.25. The van der Waals surface area contributed by atoms with Gasteiger partial charge in [-0.15, -0.1) is 0 Å². The van der Waals surface area contributed by atoms with Crippen molar-refractivity contribution in [1.82, 2.24) is 9.80 Å². The van der Waals surface area contributed by atoms with Crippen LogP contribution in [-0.4, -0.2) is 55.2 Å². The first-order valence-corrected chi connectivity index (χ1v) is 7.95. The maximum Gasteiger partial charge on any atom is 0.409 e. The van der Waals surface area contributed by atoms with Gasteiger partial charge >= 0.3 is 6.09 Å². The maximum atomic E-state index is 11.6. The summed E-state index contributed by atoms with van der Waals surface area (Å²) in [7, 11) is 0. The van der Waals surface area contributed by atoms with Gasteiger partial charge in [-0.2, -0.15) is 0 Å². The fourth-order valence-electron chi connectivity index (χ4n) is 2.53. The van der Waals surface area contributed by atoms with Gasteiger partial charge in [0.1, 0.15) is 0 Å². The summed E-state index contributed by atoms with van der Waals surface area (Å²) in [5.41, 5.74) is 1.32. The summed E-state index contributed by atoms with van der Waals surface area (Å²) in [6.07, 6.45) is 2.01. The molecule has 2 rings (SSSR count). The van der Waals surface area contributed by atoms with Crippen LogP contribution in [0.2, 0.25) is 5.02 Å². The number of nitrogens with zero attached hydrogens (tertiary/aromatic N) is 2. The Balaban J connectivity index is 1.65. The van der Waals surface area contributed by atoms with Gasteiger partial charge in [0.25, 0.3) is 0 Å². The molecular weight excluding hydrogens is 288 g/mol. The predicted octanol–water partition coefficient (Wildman–Crippen LogP) is 3.05. The molecule has 0 aliphatic carbocycles. The van der Waals surface area contributed by atoms with Gasteiger partial charge in [0, 0.05) is 31.2 Å². The molecular formula is C16H23ClN2O2. The normalized spacial score (nSPS) is 16.0. The van der Waals surface area contributed by atoms with Crippen molar-refractivity contribution in [3.63, 3.8) is 0 Å². The predicted molar refractivity (Wildman–Crippen MR) is 84.8 cm³/mol. The lowest BCUT2D eigenvalue weighted by molar-refractivity contribution is 0.0794. The van der Waals surface area contributed by atoms with Gasteiger partial charge < -0.3 is 9.64 Å². The van der Waals surface area contributed by atoms with Gasteiger partial charge in [-0.1, -0.05) is 23.7 Å². The van der Waals surface area contributed by atoms with Crippen LogP contribution in [-0.2, 0) is 11.2 Å². The summed E-state index contributed by atoms with van der Waals surface area (Å²) in [6, 6.07) is 8.05. The van der Waals surface area contributed by atoms with Crippen molar-refractivity contribution >= 4 is 17.7 Å². The number of amides is 1. The van der Waals surface area contributed by atoms with E-state index in [1.165, 1.54) is 5.56 Å². The van der Waals surface area contributed by atoms with Crippen LogP contribution in [0.1, 0.15) is 18.9 Å². The molecule has 1 fully saturated rings. The van der Waals surface area contributed by atoms with E-state index in [0.29, 0.717) is 6.61 Å². The number of piperazine rings is 1. The molecule has 1 aliphatic rings. The number of aryl methyl sites for hydroxylation is 1. The van der Waals surface area contributed by atoms with Crippen molar-refractivity contribution in [1.29, 1.82) is 0 Å². The highest BCUT2D eigenvalue weighted by Gasteiger charge is 2.21. The zero-order chi connectivity index (χ0) is 15.1. The third-order valence-corrected chi connectivity index (χ3v) is 4.00. The fourth-order valence-corrected chi connectivity index (χ4v) is 2.65. The van der Waals surface area contributed by atoms with Crippen LogP contribution in [0.4, 0.5) is 4.79 Å². The van der Waals surface area contributed by atoms with Gasteiger partial charge in [0.05, 0.1) is 6.61 Å². The molecule has 0 atom stereocenters. The first kappa shape index (κ1) is 16.1. The van der Waals surface area contributed by atoms with Crippen molar-refractivity contribution < 1.29 is 9.53 Å². The topological polar surface area (TPSA) is 32.8 Å². The van der Waals surface area contributed by atoms with Crippen LogP contribution in [0.5, 0.6) is 0 Å². The molecule has 0 bridgehead atoms. The first-order valence-electron chi connectivity index (χ1n) is 7.57. The average Bonchev–Trinajstić information content (AvgIpc) is 2.50. The SMILES string of the molecule is CCOC(=O)N1CCN(CCCc2ccc(Cl)cc2)CC1. The van der Waals surface area contributed by atoms with Crippen molar-refractivity contribution in [2.45, 2.75) is 19.8 Å². The van der Waals surface area contributed by atoms with Crippen LogP contribution in [0.25, 0.3) is 0 Å². The van der Waals surface area contributed by atoms with Gasteiger partial charge in [-0.25, -0.2) is 4.79 Å². The fraction of sp³-hybridized carbons (Fsp3) is 0.562. The standard InChI is InChI=1S/C16H23ClN2O2/c1-2-21-16(20)19-12-10-18(11-13-19)9-3-4-14-5-7-15(17)8-6-14/h5-8H,2-4,9-13H2,1H3. The van der Waals surface area contributed by atoms with E-state index in [1.54, 1.807) is 4.90 Å². The number of ether oxygens (including phenoxy) is 1. The highest BCUT2D eigenvalue weighted by molar-refractivity contribution is 6.30. The maximum absolute atomic E-state index is 11.6. The molecule has 1 aromatic carbocycles. The highest BCUT2D eigenvalue weighted by atomic mass is 35.5. The average molecular weight is 311 g/mol. The van der Waals surface area contributed by atoms with Crippen LogP contribution < -0.4 is 0 Å². The largest absolute Gasteiger partial charge is 0.450 e. The lowest BCUT2D eigenvalue weighted by Gasteiger charge is -2.34. The summed E-state index contributed by atoms with van der Waals surface area (Å²) >= 11 is 5.88. The molecule has 5 heteroatoms. The van der Waals surface area contributed by atoms with Gasteiger partial charge in [-0.3, -0.25) is 4.90 Å². The molecule has 116 valence electrons. The summed E-state index contributed by atoms with van der Waals surface area (Å²) in [4.78, 5) is 15.8. The molecule has 0 N–H and O–H groups in total. The van der Waals surface area contributed by atoms with Gasteiger partial charge in [0.2, 0.25) is 0 Å². The highest BCUT2D eigenvalue weighted by Crippen LogP contribution is 2.12. The van der Waals surface area contributed by atoms with Crippen molar-refractivity contribution in [3.05, 3.63) is 34.9 Å². The lowest BCUT2D eigenvalue weighted by Crippen LogP contribution is -2.49. The van der Waals surface area contributed by atoms with E-state index in [1.807, 2.05) is 19.1 Å². The number of rotatable bonds is 5. The Morgan fingerprint density at radius 2 is 1.86 bits per heavy atom. The number of halogens is 1. The Bertz CT molecular complexity index is 442. The van der Waals surface area contributed by atoms with E-state index in [-0.39, 0.29) is 6.09 Å². The number of hydrogen-bond acceptors (Lipinski definition) is 3. The third-order valence-electron chi connectivity index (χ3n) is 3.75. The summed E-state index contributed by atoms with van der Waals surface area (Å²) < 4.78 is 5.02. The summed E-state index contributed by atoms with van der Waals surface area (Å²) in [5.74, 6) is 0. The molecule has 1 aliphatic heterocycles. The molecule has 21 heavy (non-hydrogen) atoms. The first-order chi connectivity index (χ1) is 10.2. The molecule has 0 saturated carbocycles. The van der Waals surface area contributed by atoms with E-state index < -0.39 is 0 Å². The van der Waals surface area contributed by atoms with E-state index >= 15 is 0 Å². The van der Waals surface area contributed by atoms with E-state index in [4.69, 9.17) is 16.3 Å². The number of carbonyl (C=O) groups is 1.